The van der Waals surface area contributed by atoms with E-state index in [-0.39, 0.29) is 5.92 Å². The summed E-state index contributed by atoms with van der Waals surface area (Å²) in [5.41, 5.74) is 1.36. The van der Waals surface area contributed by atoms with Crippen molar-refractivity contribution in [2.24, 2.45) is 29.6 Å². The molecule has 6 rings (SSSR count). The number of nitrogens with one attached hydrogen (secondary N) is 1. The number of rotatable bonds is 4. The van der Waals surface area contributed by atoms with Gasteiger partial charge in [0.2, 0.25) is 5.91 Å². The smallest absolute Gasteiger partial charge is 0.224 e. The van der Waals surface area contributed by atoms with Crippen LogP contribution in [0.15, 0.2) is 30.3 Å². The minimum absolute atomic E-state index is 0.185. The van der Waals surface area contributed by atoms with Gasteiger partial charge in [0.15, 0.2) is 0 Å². The molecule has 4 saturated carbocycles. The maximum absolute atomic E-state index is 13.1. The van der Waals surface area contributed by atoms with Crippen LogP contribution in [-0.4, -0.2) is 29.9 Å². The molecule has 5 fully saturated rings. The Morgan fingerprint density at radius 2 is 1.69 bits per heavy atom. The second-order valence-electron chi connectivity index (χ2n) is 9.52. The summed E-state index contributed by atoms with van der Waals surface area (Å²) in [6, 6.07) is 11.2. The minimum Gasteiger partial charge on any atom is -0.353 e. The molecule has 4 bridgehead atoms. The highest BCUT2D eigenvalue weighted by atomic mass is 16.2. The second kappa shape index (κ2) is 6.99. The summed E-state index contributed by atoms with van der Waals surface area (Å²) < 4.78 is 0. The molecule has 1 atom stereocenters. The highest BCUT2D eigenvalue weighted by Gasteiger charge is 2.48. The van der Waals surface area contributed by atoms with Crippen molar-refractivity contribution in [1.82, 2.24) is 10.2 Å². The molecule has 0 aromatic heterocycles. The number of benzene rings is 1. The zero-order valence-corrected chi connectivity index (χ0v) is 15.8. The second-order valence-corrected chi connectivity index (χ2v) is 9.52. The Labute approximate surface area is 157 Å². The Morgan fingerprint density at radius 3 is 2.38 bits per heavy atom. The molecule has 140 valence electrons. The van der Waals surface area contributed by atoms with Gasteiger partial charge < -0.3 is 5.32 Å². The molecule has 3 nitrogen and oxygen atoms in total. The standard InChI is InChI=1S/C23H32N2O/c26-23(24-22-20-10-17-9-18(12-20)13-21(22)11-17)19-7-4-8-25(15-19)14-16-5-2-1-3-6-16/h1-3,5-6,17-22H,4,7-15H2,(H,24,26)/t17?,18?,19-,20?,21?,22?/m0/s1. The van der Waals surface area contributed by atoms with E-state index in [1.54, 1.807) is 0 Å². The number of nitrogens with zero attached hydrogens (tertiary/aromatic N) is 1. The van der Waals surface area contributed by atoms with Crippen molar-refractivity contribution in [3.05, 3.63) is 35.9 Å². The summed E-state index contributed by atoms with van der Waals surface area (Å²) in [6.07, 6.45) is 9.19. The van der Waals surface area contributed by atoms with Crippen LogP contribution in [0.4, 0.5) is 0 Å². The number of amides is 1. The van der Waals surface area contributed by atoms with Gasteiger partial charge in [0.05, 0.1) is 5.92 Å². The molecule has 3 heteroatoms. The van der Waals surface area contributed by atoms with Crippen LogP contribution < -0.4 is 5.32 Å². The maximum atomic E-state index is 13.1. The van der Waals surface area contributed by atoms with Crippen molar-refractivity contribution in [2.45, 2.75) is 57.5 Å². The molecule has 0 unspecified atom stereocenters. The van der Waals surface area contributed by atoms with E-state index in [2.05, 4.69) is 40.5 Å². The lowest BCUT2D eigenvalue weighted by molar-refractivity contribution is -0.130. The molecular weight excluding hydrogens is 320 g/mol. The van der Waals surface area contributed by atoms with E-state index in [4.69, 9.17) is 0 Å². The van der Waals surface area contributed by atoms with E-state index >= 15 is 0 Å². The van der Waals surface area contributed by atoms with Crippen LogP contribution in [0.25, 0.3) is 0 Å². The van der Waals surface area contributed by atoms with E-state index < -0.39 is 0 Å². The van der Waals surface area contributed by atoms with Gasteiger partial charge in [-0.1, -0.05) is 30.3 Å². The Bertz CT molecular complexity index is 615. The monoisotopic (exact) mass is 352 g/mol. The third-order valence-corrected chi connectivity index (χ3v) is 7.66. The molecular formula is C23H32N2O. The molecule has 26 heavy (non-hydrogen) atoms. The summed E-state index contributed by atoms with van der Waals surface area (Å²) in [5.74, 6) is 4.03. The molecule has 0 radical (unpaired) electrons. The first-order valence-electron chi connectivity index (χ1n) is 10.8. The molecule has 1 aromatic rings. The summed E-state index contributed by atoms with van der Waals surface area (Å²) >= 11 is 0. The number of likely N-dealkylation sites (tertiary alicyclic amines) is 1. The molecule has 5 aliphatic rings. The molecule has 1 N–H and O–H groups in total. The van der Waals surface area contributed by atoms with Crippen molar-refractivity contribution < 1.29 is 4.79 Å². The van der Waals surface area contributed by atoms with Crippen molar-refractivity contribution >= 4 is 5.91 Å². The first-order chi connectivity index (χ1) is 12.7. The van der Waals surface area contributed by atoms with Gasteiger partial charge in [-0.25, -0.2) is 0 Å². The Kier molecular flexibility index (Phi) is 4.52. The number of carbonyl (C=O) groups excluding carboxylic acids is 1. The van der Waals surface area contributed by atoms with Gasteiger partial charge in [0.25, 0.3) is 0 Å². The van der Waals surface area contributed by atoms with Crippen molar-refractivity contribution in [2.75, 3.05) is 13.1 Å². The van der Waals surface area contributed by atoms with E-state index in [9.17, 15) is 4.79 Å². The molecule has 1 saturated heterocycles. The fraction of sp³-hybridized carbons (Fsp3) is 0.696. The van der Waals surface area contributed by atoms with Gasteiger partial charge in [-0.3, -0.25) is 9.69 Å². The van der Waals surface area contributed by atoms with Crippen LogP contribution in [0.2, 0.25) is 0 Å². The van der Waals surface area contributed by atoms with Crippen molar-refractivity contribution in [3.63, 3.8) is 0 Å². The summed E-state index contributed by atoms with van der Waals surface area (Å²) in [5, 5.41) is 3.55. The van der Waals surface area contributed by atoms with Crippen LogP contribution in [0.5, 0.6) is 0 Å². The SMILES string of the molecule is O=C(NC1C2CC3CC(C2)CC1C3)[C@H]1CCCN(Cc2ccccc2)C1. The number of piperidine rings is 1. The van der Waals surface area contributed by atoms with E-state index in [1.807, 2.05) is 0 Å². The first-order valence-corrected chi connectivity index (χ1v) is 10.8. The van der Waals surface area contributed by atoms with Crippen LogP contribution >= 0.6 is 0 Å². The van der Waals surface area contributed by atoms with E-state index in [0.717, 1.165) is 56.1 Å². The average molecular weight is 353 g/mol. The minimum atomic E-state index is 0.185. The van der Waals surface area contributed by atoms with Gasteiger partial charge in [-0.05, 0) is 80.7 Å². The maximum Gasteiger partial charge on any atom is 0.224 e. The van der Waals surface area contributed by atoms with Gasteiger partial charge in [0.1, 0.15) is 0 Å². The predicted molar refractivity (Wildman–Crippen MR) is 103 cm³/mol. The fourth-order valence-corrected chi connectivity index (χ4v) is 6.70. The summed E-state index contributed by atoms with van der Waals surface area (Å²) in [7, 11) is 0. The zero-order chi connectivity index (χ0) is 17.5. The molecule has 1 aliphatic heterocycles. The highest BCUT2D eigenvalue weighted by Crippen LogP contribution is 2.53. The van der Waals surface area contributed by atoms with Gasteiger partial charge >= 0.3 is 0 Å². The molecule has 4 aliphatic carbocycles. The predicted octanol–water partition coefficient (Wildman–Crippen LogP) is 3.84. The van der Waals surface area contributed by atoms with Gasteiger partial charge in [-0.2, -0.15) is 0 Å². The summed E-state index contributed by atoms with van der Waals surface area (Å²) in [6.45, 7) is 3.02. The summed E-state index contributed by atoms with van der Waals surface area (Å²) in [4.78, 5) is 15.5. The third kappa shape index (κ3) is 3.31. The van der Waals surface area contributed by atoms with Gasteiger partial charge in [-0.15, -0.1) is 0 Å². The Hall–Kier alpha value is -1.35. The Balaban J connectivity index is 1.19. The van der Waals surface area contributed by atoms with Crippen molar-refractivity contribution in [1.29, 1.82) is 0 Å². The third-order valence-electron chi connectivity index (χ3n) is 7.66. The molecule has 0 spiro atoms. The lowest BCUT2D eigenvalue weighted by Gasteiger charge is -2.54. The molecule has 1 aromatic carbocycles. The quantitative estimate of drug-likeness (QED) is 0.893. The van der Waals surface area contributed by atoms with Crippen molar-refractivity contribution in [3.8, 4) is 0 Å². The highest BCUT2D eigenvalue weighted by molar-refractivity contribution is 5.79. The van der Waals surface area contributed by atoms with Crippen LogP contribution in [-0.2, 0) is 11.3 Å². The largest absolute Gasteiger partial charge is 0.353 e. The lowest BCUT2D eigenvalue weighted by atomic mass is 9.54. The van der Waals surface area contributed by atoms with Crippen LogP contribution in [0.3, 0.4) is 0 Å². The van der Waals surface area contributed by atoms with E-state index in [0.29, 0.717) is 11.9 Å². The van der Waals surface area contributed by atoms with E-state index in [1.165, 1.54) is 37.7 Å². The first kappa shape index (κ1) is 16.8. The number of hydrogen-bond acceptors (Lipinski definition) is 2. The lowest BCUT2D eigenvalue weighted by Crippen LogP contribution is -2.57. The topological polar surface area (TPSA) is 32.3 Å². The molecule has 1 heterocycles. The normalized spacial score (nSPS) is 39.1. The van der Waals surface area contributed by atoms with Crippen LogP contribution in [0.1, 0.15) is 50.5 Å². The number of carbonyl (C=O) groups is 1. The van der Waals surface area contributed by atoms with Gasteiger partial charge in [0, 0.05) is 19.1 Å². The zero-order valence-electron chi connectivity index (χ0n) is 15.8. The van der Waals surface area contributed by atoms with Crippen LogP contribution in [0, 0.1) is 29.6 Å². The Morgan fingerprint density at radius 1 is 1.00 bits per heavy atom. The fourth-order valence-electron chi connectivity index (χ4n) is 6.70. The number of hydrogen-bond donors (Lipinski definition) is 1. The molecule has 1 amide bonds. The average Bonchev–Trinajstić information content (AvgIpc) is 2.65.